The first-order chi connectivity index (χ1) is 10.2. The van der Waals surface area contributed by atoms with Gasteiger partial charge in [0.2, 0.25) is 0 Å². The monoisotopic (exact) mass is 287 g/mol. The van der Waals surface area contributed by atoms with Crippen molar-refractivity contribution in [3.05, 3.63) is 29.8 Å². The van der Waals surface area contributed by atoms with Crippen LogP contribution < -0.4 is 5.32 Å². The third-order valence-corrected chi connectivity index (χ3v) is 3.25. The Labute approximate surface area is 121 Å². The van der Waals surface area contributed by atoms with E-state index in [9.17, 15) is 0 Å². The van der Waals surface area contributed by atoms with Crippen molar-refractivity contribution in [2.45, 2.75) is 20.0 Å². The van der Waals surface area contributed by atoms with Crippen LogP contribution in [-0.4, -0.2) is 41.5 Å². The molecular weight excluding hydrogens is 270 g/mol. The van der Waals surface area contributed by atoms with Gasteiger partial charge in [0.25, 0.3) is 0 Å². The van der Waals surface area contributed by atoms with Crippen LogP contribution in [0, 0.1) is 6.92 Å². The number of rotatable bonds is 5. The minimum Gasteiger partial charge on any atom is -0.394 e. The number of nitrogens with one attached hydrogen (secondary N) is 1. The minimum absolute atomic E-state index is 0.0527. The lowest BCUT2D eigenvalue weighted by molar-refractivity contribution is 0.268. The number of aliphatic hydroxyl groups is 1. The van der Waals surface area contributed by atoms with Crippen LogP contribution >= 0.6 is 0 Å². The molecule has 0 saturated heterocycles. The lowest BCUT2D eigenvalue weighted by atomic mass is 10.2. The summed E-state index contributed by atoms with van der Waals surface area (Å²) in [4.78, 5) is 4.41. The number of hydrogen-bond acceptors (Lipinski definition) is 6. The van der Waals surface area contributed by atoms with E-state index in [1.54, 1.807) is 15.6 Å². The van der Waals surface area contributed by atoms with E-state index in [0.717, 1.165) is 28.1 Å². The molecule has 0 spiro atoms. The first-order valence-electron chi connectivity index (χ1n) is 6.70. The molecule has 110 valence electrons. The Kier molecular flexibility index (Phi) is 3.53. The van der Waals surface area contributed by atoms with Crippen molar-refractivity contribution >= 4 is 16.7 Å². The molecule has 2 N–H and O–H groups in total. The molecule has 0 saturated carbocycles. The normalized spacial score (nSPS) is 11.2. The summed E-state index contributed by atoms with van der Waals surface area (Å²) >= 11 is 0. The van der Waals surface area contributed by atoms with Crippen LogP contribution in [0.1, 0.15) is 11.4 Å². The Morgan fingerprint density at radius 3 is 3.05 bits per heavy atom. The lowest BCUT2D eigenvalue weighted by Crippen LogP contribution is -2.02. The van der Waals surface area contributed by atoms with Crippen LogP contribution in [-0.2, 0) is 20.1 Å². The number of aryl methyl sites for hydroxylation is 2. The first-order valence-corrected chi connectivity index (χ1v) is 6.70. The number of hydrogen-bond donors (Lipinski definition) is 2. The predicted molar refractivity (Wildman–Crippen MR) is 77.7 cm³/mol. The number of nitrogens with zero attached hydrogens (tertiary/aromatic N) is 6. The van der Waals surface area contributed by atoms with E-state index >= 15 is 0 Å². The number of aliphatic hydroxyl groups excluding tert-OH is 1. The van der Waals surface area contributed by atoms with Gasteiger partial charge in [-0.25, -0.2) is 9.67 Å². The van der Waals surface area contributed by atoms with Gasteiger partial charge in [-0.3, -0.25) is 4.68 Å². The zero-order valence-electron chi connectivity index (χ0n) is 12.0. The highest BCUT2D eigenvalue weighted by atomic mass is 16.3. The van der Waals surface area contributed by atoms with E-state index in [1.165, 1.54) is 0 Å². The zero-order chi connectivity index (χ0) is 14.8. The highest BCUT2D eigenvalue weighted by molar-refractivity contribution is 5.81. The molecule has 0 aromatic carbocycles. The molecule has 3 rings (SSSR count). The molecule has 8 heteroatoms. The van der Waals surface area contributed by atoms with E-state index in [-0.39, 0.29) is 6.61 Å². The van der Waals surface area contributed by atoms with Crippen LogP contribution in [0.4, 0.5) is 5.69 Å². The van der Waals surface area contributed by atoms with E-state index in [0.29, 0.717) is 13.1 Å². The molecule has 0 amide bonds. The minimum atomic E-state index is 0.0527. The molecule has 0 aliphatic carbocycles. The van der Waals surface area contributed by atoms with Crippen molar-refractivity contribution in [2.24, 2.45) is 7.05 Å². The average molecular weight is 287 g/mol. The highest BCUT2D eigenvalue weighted by Crippen LogP contribution is 2.19. The molecule has 0 atom stereocenters. The van der Waals surface area contributed by atoms with Crippen molar-refractivity contribution in [2.75, 3.05) is 11.9 Å². The Hall–Kier alpha value is -2.48. The summed E-state index contributed by atoms with van der Waals surface area (Å²) < 4.78 is 3.39. The van der Waals surface area contributed by atoms with Gasteiger partial charge >= 0.3 is 0 Å². The molecule has 8 nitrogen and oxygen atoms in total. The van der Waals surface area contributed by atoms with Gasteiger partial charge in [0.1, 0.15) is 5.69 Å². The summed E-state index contributed by atoms with van der Waals surface area (Å²) in [5, 5.41) is 25.5. The Morgan fingerprint density at radius 2 is 2.24 bits per heavy atom. The maximum Gasteiger partial charge on any atom is 0.157 e. The summed E-state index contributed by atoms with van der Waals surface area (Å²) in [6, 6.07) is 2.03. The van der Waals surface area contributed by atoms with Gasteiger partial charge in [0, 0.05) is 12.4 Å². The smallest absolute Gasteiger partial charge is 0.157 e. The third kappa shape index (κ3) is 2.70. The quantitative estimate of drug-likeness (QED) is 0.708. The van der Waals surface area contributed by atoms with Crippen molar-refractivity contribution in [1.29, 1.82) is 0 Å². The van der Waals surface area contributed by atoms with Crippen molar-refractivity contribution in [3.63, 3.8) is 0 Å². The average Bonchev–Trinajstić information content (AvgIpc) is 3.03. The van der Waals surface area contributed by atoms with Gasteiger partial charge in [-0.2, -0.15) is 5.10 Å². The Balaban J connectivity index is 1.73. The summed E-state index contributed by atoms with van der Waals surface area (Å²) in [7, 11) is 1.88. The molecular formula is C13H17N7O. The van der Waals surface area contributed by atoms with Crippen molar-refractivity contribution in [1.82, 2.24) is 29.8 Å². The van der Waals surface area contributed by atoms with Crippen LogP contribution in [0.3, 0.4) is 0 Å². The van der Waals surface area contributed by atoms with E-state index < -0.39 is 0 Å². The highest BCUT2D eigenvalue weighted by Gasteiger charge is 2.07. The zero-order valence-corrected chi connectivity index (χ0v) is 12.0. The maximum atomic E-state index is 8.85. The van der Waals surface area contributed by atoms with Crippen molar-refractivity contribution in [3.8, 4) is 0 Å². The second kappa shape index (κ2) is 5.49. The third-order valence-electron chi connectivity index (χ3n) is 3.25. The number of anilines is 1. The second-order valence-electron chi connectivity index (χ2n) is 4.85. The summed E-state index contributed by atoms with van der Waals surface area (Å²) in [5.74, 6) is 0. The molecule has 21 heavy (non-hydrogen) atoms. The van der Waals surface area contributed by atoms with E-state index in [2.05, 4.69) is 25.7 Å². The SMILES string of the molecule is Cc1nn(C)c2ncc(NCc3cn(CCO)nn3)cc12. The van der Waals surface area contributed by atoms with Crippen LogP contribution in [0.15, 0.2) is 18.5 Å². The second-order valence-corrected chi connectivity index (χ2v) is 4.85. The van der Waals surface area contributed by atoms with Crippen LogP contribution in [0.25, 0.3) is 11.0 Å². The predicted octanol–water partition coefficient (Wildman–Crippen LogP) is 0.473. The molecule has 0 unspecified atom stereocenters. The summed E-state index contributed by atoms with van der Waals surface area (Å²) in [6.45, 7) is 3.03. The fourth-order valence-electron chi connectivity index (χ4n) is 2.23. The van der Waals surface area contributed by atoms with Crippen molar-refractivity contribution < 1.29 is 5.11 Å². The molecule has 0 aliphatic heterocycles. The van der Waals surface area contributed by atoms with Gasteiger partial charge in [0.15, 0.2) is 5.65 Å². The molecule has 0 bridgehead atoms. The standard InChI is InChI=1S/C13H17N7O/c1-9-12-5-10(6-15-13(12)19(2)17-9)14-7-11-8-20(3-4-21)18-16-11/h5-6,8,14,21H,3-4,7H2,1-2H3. The number of aromatic nitrogens is 6. The van der Waals surface area contributed by atoms with E-state index in [1.807, 2.05) is 26.2 Å². The molecule has 0 fully saturated rings. The van der Waals surface area contributed by atoms with Gasteiger partial charge in [0.05, 0.1) is 43.5 Å². The lowest BCUT2D eigenvalue weighted by Gasteiger charge is -2.03. The molecule has 0 radical (unpaired) electrons. The van der Waals surface area contributed by atoms with Crippen LogP contribution in [0.5, 0.6) is 0 Å². The Morgan fingerprint density at radius 1 is 1.38 bits per heavy atom. The molecule has 3 aromatic rings. The first kappa shape index (κ1) is 13.5. The summed E-state index contributed by atoms with van der Waals surface area (Å²) in [5.41, 5.74) is 3.55. The van der Waals surface area contributed by atoms with Gasteiger partial charge < -0.3 is 10.4 Å². The van der Waals surface area contributed by atoms with Gasteiger partial charge in [-0.05, 0) is 13.0 Å². The maximum absolute atomic E-state index is 8.85. The summed E-state index contributed by atoms with van der Waals surface area (Å²) in [6.07, 6.45) is 3.59. The van der Waals surface area contributed by atoms with Gasteiger partial charge in [-0.15, -0.1) is 5.10 Å². The number of pyridine rings is 1. The fourth-order valence-corrected chi connectivity index (χ4v) is 2.23. The molecule has 3 aromatic heterocycles. The fraction of sp³-hybridized carbons (Fsp3) is 0.385. The number of fused-ring (bicyclic) bond motifs is 1. The molecule has 3 heterocycles. The Bertz CT molecular complexity index is 761. The van der Waals surface area contributed by atoms with E-state index in [4.69, 9.17) is 5.11 Å². The topological polar surface area (TPSA) is 93.7 Å². The largest absolute Gasteiger partial charge is 0.394 e. The van der Waals surface area contributed by atoms with Gasteiger partial charge in [-0.1, -0.05) is 5.21 Å². The van der Waals surface area contributed by atoms with Crippen LogP contribution in [0.2, 0.25) is 0 Å². The molecule has 0 aliphatic rings.